The second kappa shape index (κ2) is 6.84. The van der Waals surface area contributed by atoms with E-state index in [9.17, 15) is 4.79 Å². The van der Waals surface area contributed by atoms with Crippen LogP contribution in [0, 0.1) is 0 Å². The fourth-order valence-electron chi connectivity index (χ4n) is 3.65. The van der Waals surface area contributed by atoms with Gasteiger partial charge in [0.05, 0.1) is 5.69 Å². The van der Waals surface area contributed by atoms with E-state index in [1.807, 2.05) is 33.7 Å². The van der Waals surface area contributed by atoms with Crippen molar-refractivity contribution in [2.24, 2.45) is 0 Å². The van der Waals surface area contributed by atoms with Gasteiger partial charge in [-0.1, -0.05) is 0 Å². The third kappa shape index (κ3) is 2.90. The summed E-state index contributed by atoms with van der Waals surface area (Å²) in [5.74, 6) is 1.56. The molecule has 0 aliphatic carbocycles. The van der Waals surface area contributed by atoms with Gasteiger partial charge in [-0.2, -0.15) is 9.61 Å². The first-order chi connectivity index (χ1) is 13.8. The molecular formula is C19H18N8O. The van der Waals surface area contributed by atoms with Gasteiger partial charge in [0.25, 0.3) is 5.56 Å². The standard InChI is InChI=1S/C19H18N8O/c28-19-18(21-8-9-22-19)26-10-5-13(6-11-26)17-24-23-16-4-3-15(25-27(16)17)14-2-1-7-20-12-14/h1-4,7-9,12-13H,5-6,10-11H2,(H,22,28). The van der Waals surface area contributed by atoms with E-state index in [2.05, 4.69) is 25.1 Å². The number of nitrogens with one attached hydrogen (secondary N) is 1. The van der Waals surface area contributed by atoms with Gasteiger partial charge in [0.1, 0.15) is 0 Å². The number of hydrogen-bond donors (Lipinski definition) is 1. The first-order valence-corrected chi connectivity index (χ1v) is 9.21. The van der Waals surface area contributed by atoms with Gasteiger partial charge >= 0.3 is 0 Å². The van der Waals surface area contributed by atoms with Crippen LogP contribution >= 0.6 is 0 Å². The van der Waals surface area contributed by atoms with Gasteiger partial charge in [-0.15, -0.1) is 10.2 Å². The van der Waals surface area contributed by atoms with Crippen LogP contribution in [0.5, 0.6) is 0 Å². The second-order valence-corrected chi connectivity index (χ2v) is 6.79. The van der Waals surface area contributed by atoms with E-state index in [1.54, 1.807) is 24.8 Å². The molecule has 0 saturated carbocycles. The van der Waals surface area contributed by atoms with Crippen molar-refractivity contribution in [3.8, 4) is 11.3 Å². The molecule has 9 heteroatoms. The number of H-pyrrole nitrogens is 1. The van der Waals surface area contributed by atoms with Crippen molar-refractivity contribution in [1.29, 1.82) is 0 Å². The number of fused-ring (bicyclic) bond motifs is 1. The van der Waals surface area contributed by atoms with Crippen LogP contribution in [-0.4, -0.2) is 47.9 Å². The molecule has 28 heavy (non-hydrogen) atoms. The highest BCUT2D eigenvalue weighted by Crippen LogP contribution is 2.28. The lowest BCUT2D eigenvalue weighted by atomic mass is 9.96. The Morgan fingerprint density at radius 3 is 2.75 bits per heavy atom. The molecule has 1 aliphatic heterocycles. The van der Waals surface area contributed by atoms with Crippen LogP contribution in [-0.2, 0) is 0 Å². The summed E-state index contributed by atoms with van der Waals surface area (Å²) >= 11 is 0. The monoisotopic (exact) mass is 374 g/mol. The molecule has 4 aromatic rings. The number of piperidine rings is 1. The van der Waals surface area contributed by atoms with E-state index in [0.29, 0.717) is 5.82 Å². The number of hydrogen-bond acceptors (Lipinski definition) is 7. The van der Waals surface area contributed by atoms with Crippen LogP contribution in [0.25, 0.3) is 16.9 Å². The molecule has 1 N–H and O–H groups in total. The highest BCUT2D eigenvalue weighted by molar-refractivity contribution is 5.58. The van der Waals surface area contributed by atoms with Crippen LogP contribution in [0.2, 0.25) is 0 Å². The summed E-state index contributed by atoms with van der Waals surface area (Å²) in [6.45, 7) is 1.48. The fourth-order valence-corrected chi connectivity index (χ4v) is 3.65. The fraction of sp³-hybridized carbons (Fsp3) is 0.263. The summed E-state index contributed by atoms with van der Waals surface area (Å²) in [6.07, 6.45) is 8.41. The zero-order chi connectivity index (χ0) is 18.9. The number of rotatable bonds is 3. The van der Waals surface area contributed by atoms with E-state index < -0.39 is 0 Å². The maximum Gasteiger partial charge on any atom is 0.290 e. The molecule has 4 aromatic heterocycles. The van der Waals surface area contributed by atoms with Crippen molar-refractivity contribution in [2.75, 3.05) is 18.0 Å². The molecule has 0 amide bonds. The van der Waals surface area contributed by atoms with Gasteiger partial charge in [-0.3, -0.25) is 9.78 Å². The number of anilines is 1. The molecule has 9 nitrogen and oxygen atoms in total. The zero-order valence-electron chi connectivity index (χ0n) is 15.1. The minimum absolute atomic E-state index is 0.156. The smallest absolute Gasteiger partial charge is 0.290 e. The average Bonchev–Trinajstić information content (AvgIpc) is 3.18. The summed E-state index contributed by atoms with van der Waals surface area (Å²) in [4.78, 5) is 25.1. The van der Waals surface area contributed by atoms with Crippen LogP contribution in [0.3, 0.4) is 0 Å². The Labute approximate surface area is 160 Å². The molecule has 1 fully saturated rings. The van der Waals surface area contributed by atoms with E-state index in [0.717, 1.165) is 48.7 Å². The van der Waals surface area contributed by atoms with Crippen molar-refractivity contribution >= 4 is 11.5 Å². The Kier molecular flexibility index (Phi) is 4.04. The van der Waals surface area contributed by atoms with Gasteiger partial charge in [0.2, 0.25) is 0 Å². The van der Waals surface area contributed by atoms with Gasteiger partial charge in [0, 0.05) is 49.4 Å². The van der Waals surface area contributed by atoms with Crippen molar-refractivity contribution < 1.29 is 0 Å². The lowest BCUT2D eigenvalue weighted by Gasteiger charge is -2.31. The molecule has 5 rings (SSSR count). The predicted molar refractivity (Wildman–Crippen MR) is 103 cm³/mol. The normalized spacial score (nSPS) is 15.2. The Hall–Kier alpha value is -3.62. The van der Waals surface area contributed by atoms with Gasteiger partial charge in [-0.25, -0.2) is 4.98 Å². The first-order valence-electron chi connectivity index (χ1n) is 9.21. The number of aromatic amines is 1. The highest BCUT2D eigenvalue weighted by Gasteiger charge is 2.26. The maximum absolute atomic E-state index is 12.0. The lowest BCUT2D eigenvalue weighted by Crippen LogP contribution is -2.37. The minimum Gasteiger partial charge on any atom is -0.352 e. The highest BCUT2D eigenvalue weighted by atomic mass is 16.1. The van der Waals surface area contributed by atoms with Gasteiger partial charge in [0.15, 0.2) is 17.3 Å². The molecule has 0 aromatic carbocycles. The summed E-state index contributed by atoms with van der Waals surface area (Å²) in [7, 11) is 0. The van der Waals surface area contributed by atoms with Crippen LogP contribution in [0.4, 0.5) is 5.82 Å². The largest absolute Gasteiger partial charge is 0.352 e. The molecule has 0 atom stereocenters. The molecule has 0 radical (unpaired) electrons. The van der Waals surface area contributed by atoms with Crippen LogP contribution < -0.4 is 10.5 Å². The summed E-state index contributed by atoms with van der Waals surface area (Å²) < 4.78 is 1.83. The molecule has 1 aliphatic rings. The van der Waals surface area contributed by atoms with Crippen LogP contribution in [0.15, 0.2) is 53.8 Å². The molecular weight excluding hydrogens is 356 g/mol. The third-order valence-corrected chi connectivity index (χ3v) is 5.09. The molecule has 5 heterocycles. The number of aromatic nitrogens is 7. The van der Waals surface area contributed by atoms with Crippen molar-refractivity contribution in [3.05, 3.63) is 65.2 Å². The van der Waals surface area contributed by atoms with Crippen molar-refractivity contribution in [3.63, 3.8) is 0 Å². The second-order valence-electron chi connectivity index (χ2n) is 6.79. The molecule has 1 saturated heterocycles. The molecule has 0 spiro atoms. The van der Waals surface area contributed by atoms with E-state index in [4.69, 9.17) is 5.10 Å². The Bertz CT molecular complexity index is 1160. The summed E-state index contributed by atoms with van der Waals surface area (Å²) in [5, 5.41) is 13.4. The number of pyridine rings is 1. The quantitative estimate of drug-likeness (QED) is 0.581. The predicted octanol–water partition coefficient (Wildman–Crippen LogP) is 1.65. The Morgan fingerprint density at radius 2 is 1.96 bits per heavy atom. The van der Waals surface area contributed by atoms with E-state index in [-0.39, 0.29) is 11.5 Å². The average molecular weight is 374 g/mol. The van der Waals surface area contributed by atoms with Crippen molar-refractivity contribution in [1.82, 2.24) is 34.8 Å². The third-order valence-electron chi connectivity index (χ3n) is 5.09. The van der Waals surface area contributed by atoms with E-state index >= 15 is 0 Å². The molecule has 140 valence electrons. The zero-order valence-corrected chi connectivity index (χ0v) is 15.1. The number of nitrogens with zero attached hydrogens (tertiary/aromatic N) is 7. The summed E-state index contributed by atoms with van der Waals surface area (Å²) in [6, 6.07) is 7.73. The summed E-state index contributed by atoms with van der Waals surface area (Å²) in [5.41, 5.74) is 2.36. The Balaban J connectivity index is 1.41. The molecule has 0 bridgehead atoms. The minimum atomic E-state index is -0.156. The lowest BCUT2D eigenvalue weighted by molar-refractivity contribution is 0.474. The van der Waals surface area contributed by atoms with Crippen molar-refractivity contribution in [2.45, 2.75) is 18.8 Å². The van der Waals surface area contributed by atoms with Crippen LogP contribution in [0.1, 0.15) is 24.6 Å². The Morgan fingerprint density at radius 1 is 1.07 bits per heavy atom. The topological polar surface area (TPSA) is 105 Å². The maximum atomic E-state index is 12.0. The van der Waals surface area contributed by atoms with Gasteiger partial charge in [-0.05, 0) is 37.1 Å². The van der Waals surface area contributed by atoms with E-state index in [1.165, 1.54) is 0 Å². The van der Waals surface area contributed by atoms with Gasteiger partial charge < -0.3 is 9.88 Å². The molecule has 0 unspecified atom stereocenters. The first kappa shape index (κ1) is 16.5. The SMILES string of the molecule is O=c1[nH]ccnc1N1CCC(c2nnc3ccc(-c4cccnc4)nn23)CC1.